The quantitative estimate of drug-likeness (QED) is 0.772. The minimum Gasteiger partial charge on any atom is -0.460 e. The molecule has 1 atom stereocenters. The van der Waals surface area contributed by atoms with Gasteiger partial charge in [0.25, 0.3) is 5.84 Å². The van der Waals surface area contributed by atoms with E-state index in [1.54, 1.807) is 19.0 Å². The summed E-state index contributed by atoms with van der Waals surface area (Å²) in [5, 5.41) is 11.1. The number of benzene rings is 1. The molecule has 0 radical (unpaired) electrons. The van der Waals surface area contributed by atoms with Crippen molar-refractivity contribution in [2.75, 3.05) is 18.7 Å². The van der Waals surface area contributed by atoms with E-state index in [2.05, 4.69) is 5.10 Å². The van der Waals surface area contributed by atoms with Gasteiger partial charge in [-0.1, -0.05) is 24.3 Å². The molecule has 26 heavy (non-hydrogen) atoms. The van der Waals surface area contributed by atoms with Gasteiger partial charge < -0.3 is 4.74 Å². The minimum atomic E-state index is -0.577. The summed E-state index contributed by atoms with van der Waals surface area (Å²) in [5.74, 6) is -0.728. The molecule has 1 aliphatic heterocycles. The molecule has 0 bridgehead atoms. The molecule has 1 amide bonds. The SMILES string of the molecule is CCOC(=O)C1=NN(c2ccccc2)[C@@H](c2cccs2)N(C(C)=O)N1C. The third kappa shape index (κ3) is 3.28. The van der Waals surface area contributed by atoms with Gasteiger partial charge in [-0.15, -0.1) is 16.4 Å². The van der Waals surface area contributed by atoms with Crippen molar-refractivity contribution in [1.82, 2.24) is 10.0 Å². The van der Waals surface area contributed by atoms with Gasteiger partial charge in [0, 0.05) is 14.0 Å². The number of rotatable bonds is 4. The minimum absolute atomic E-state index is 0.0544. The fourth-order valence-electron chi connectivity index (χ4n) is 2.80. The highest BCUT2D eigenvalue weighted by molar-refractivity contribution is 7.10. The molecule has 8 heteroatoms. The van der Waals surface area contributed by atoms with E-state index in [0.29, 0.717) is 0 Å². The predicted molar refractivity (Wildman–Crippen MR) is 100 cm³/mol. The molecule has 1 aliphatic rings. The van der Waals surface area contributed by atoms with Crippen molar-refractivity contribution in [2.24, 2.45) is 5.10 Å². The normalized spacial score (nSPS) is 17.1. The molecule has 2 aromatic rings. The van der Waals surface area contributed by atoms with Crippen LogP contribution in [-0.4, -0.2) is 41.4 Å². The third-order valence-corrected chi connectivity index (χ3v) is 4.81. The lowest BCUT2D eigenvalue weighted by Gasteiger charge is -2.45. The fraction of sp³-hybridized carbons (Fsp3) is 0.278. The van der Waals surface area contributed by atoms with Crippen LogP contribution in [0, 0.1) is 0 Å². The van der Waals surface area contributed by atoms with Gasteiger partial charge in [-0.05, 0) is 30.5 Å². The molecule has 7 nitrogen and oxygen atoms in total. The van der Waals surface area contributed by atoms with Crippen LogP contribution in [-0.2, 0) is 14.3 Å². The summed E-state index contributed by atoms with van der Waals surface area (Å²) >= 11 is 1.52. The number of hydrazone groups is 1. The number of ether oxygens (including phenoxy) is 1. The Balaban J connectivity index is 2.16. The van der Waals surface area contributed by atoms with Crippen LogP contribution in [0.2, 0.25) is 0 Å². The summed E-state index contributed by atoms with van der Waals surface area (Å²) < 4.78 is 5.12. The van der Waals surface area contributed by atoms with Crippen LogP contribution in [0.3, 0.4) is 0 Å². The number of amidine groups is 1. The lowest BCUT2D eigenvalue weighted by molar-refractivity contribution is -0.147. The maximum atomic E-state index is 12.5. The number of hydrogen-bond acceptors (Lipinski definition) is 7. The first kappa shape index (κ1) is 17.9. The molecule has 136 valence electrons. The van der Waals surface area contributed by atoms with Crippen LogP contribution in [0.25, 0.3) is 0 Å². The van der Waals surface area contributed by atoms with Crippen molar-refractivity contribution < 1.29 is 14.3 Å². The van der Waals surface area contributed by atoms with E-state index >= 15 is 0 Å². The second-order valence-corrected chi connectivity index (χ2v) is 6.58. The first-order valence-corrected chi connectivity index (χ1v) is 9.09. The summed E-state index contributed by atoms with van der Waals surface area (Å²) in [6, 6.07) is 13.3. The first-order chi connectivity index (χ1) is 12.5. The summed E-state index contributed by atoms with van der Waals surface area (Å²) in [6.07, 6.45) is -0.488. The lowest BCUT2D eigenvalue weighted by atomic mass is 10.2. The number of carbonyl (C=O) groups excluding carboxylic acids is 2. The summed E-state index contributed by atoms with van der Waals surface area (Å²) in [7, 11) is 1.64. The van der Waals surface area contributed by atoms with E-state index in [1.807, 2.05) is 47.8 Å². The number of amides is 1. The Bertz CT molecular complexity index is 807. The van der Waals surface area contributed by atoms with Crippen LogP contribution in [0.5, 0.6) is 0 Å². The van der Waals surface area contributed by atoms with Crippen molar-refractivity contribution in [3.8, 4) is 0 Å². The summed E-state index contributed by atoms with van der Waals surface area (Å²) in [6.45, 7) is 3.42. The average Bonchev–Trinajstić information content (AvgIpc) is 3.16. The Kier molecular flexibility index (Phi) is 5.22. The largest absolute Gasteiger partial charge is 0.460 e. The van der Waals surface area contributed by atoms with E-state index in [-0.39, 0.29) is 18.3 Å². The van der Waals surface area contributed by atoms with Crippen molar-refractivity contribution in [2.45, 2.75) is 20.0 Å². The number of para-hydroxylation sites is 1. The zero-order chi connectivity index (χ0) is 18.7. The molecule has 0 saturated carbocycles. The Morgan fingerprint density at radius 1 is 1.19 bits per heavy atom. The summed E-state index contributed by atoms with van der Waals surface area (Å²) in [4.78, 5) is 25.8. The van der Waals surface area contributed by atoms with Crippen molar-refractivity contribution in [3.05, 3.63) is 52.7 Å². The fourth-order valence-corrected chi connectivity index (χ4v) is 3.59. The van der Waals surface area contributed by atoms with E-state index in [1.165, 1.54) is 28.3 Å². The maximum Gasteiger partial charge on any atom is 0.377 e. The maximum absolute atomic E-state index is 12.5. The van der Waals surface area contributed by atoms with Gasteiger partial charge in [0.05, 0.1) is 17.2 Å². The molecule has 0 unspecified atom stereocenters. The molecule has 1 aromatic carbocycles. The zero-order valence-corrected chi connectivity index (χ0v) is 15.6. The lowest BCUT2D eigenvalue weighted by Crippen LogP contribution is -2.58. The Morgan fingerprint density at radius 2 is 1.92 bits per heavy atom. The Morgan fingerprint density at radius 3 is 2.50 bits per heavy atom. The van der Waals surface area contributed by atoms with Gasteiger partial charge in [-0.2, -0.15) is 0 Å². The van der Waals surface area contributed by atoms with Crippen LogP contribution in [0.1, 0.15) is 24.9 Å². The number of hydrogen-bond donors (Lipinski definition) is 0. The number of anilines is 1. The molecule has 0 aliphatic carbocycles. The zero-order valence-electron chi connectivity index (χ0n) is 14.8. The molecule has 0 spiro atoms. The number of nitrogens with zero attached hydrogens (tertiary/aromatic N) is 4. The van der Waals surface area contributed by atoms with Crippen LogP contribution in [0.4, 0.5) is 5.69 Å². The monoisotopic (exact) mass is 372 g/mol. The van der Waals surface area contributed by atoms with Crippen molar-refractivity contribution in [1.29, 1.82) is 0 Å². The van der Waals surface area contributed by atoms with Crippen LogP contribution >= 0.6 is 11.3 Å². The highest BCUT2D eigenvalue weighted by atomic mass is 32.1. The van der Waals surface area contributed by atoms with Gasteiger partial charge in [0.2, 0.25) is 5.91 Å². The molecule has 2 heterocycles. The molecular weight excluding hydrogens is 352 g/mol. The van der Waals surface area contributed by atoms with Gasteiger partial charge >= 0.3 is 5.97 Å². The van der Waals surface area contributed by atoms with Crippen molar-refractivity contribution in [3.63, 3.8) is 0 Å². The van der Waals surface area contributed by atoms with Crippen LogP contribution < -0.4 is 5.01 Å². The predicted octanol–water partition coefficient (Wildman–Crippen LogP) is 2.84. The molecule has 0 N–H and O–H groups in total. The Labute approximate surface area is 156 Å². The van der Waals surface area contributed by atoms with Crippen LogP contribution in [0.15, 0.2) is 52.9 Å². The number of carbonyl (C=O) groups is 2. The number of thiophene rings is 1. The molecule has 1 aromatic heterocycles. The van der Waals surface area contributed by atoms with E-state index in [4.69, 9.17) is 4.74 Å². The second kappa shape index (κ2) is 7.57. The molecular formula is C18H20N4O3S. The standard InChI is InChI=1S/C18H20N4O3S/c1-4-25-18(24)16-19-21(14-9-6-5-7-10-14)17(15-11-8-12-26-15)22(13(2)23)20(16)3/h5-12,17H,4H2,1-3H3/t17-/m1/s1. The molecule has 0 fully saturated rings. The van der Waals surface area contributed by atoms with Gasteiger partial charge in [-0.3, -0.25) is 9.80 Å². The highest BCUT2D eigenvalue weighted by Gasteiger charge is 2.41. The van der Waals surface area contributed by atoms with Crippen molar-refractivity contribution >= 4 is 34.7 Å². The van der Waals surface area contributed by atoms with E-state index in [0.717, 1.165) is 10.6 Å². The second-order valence-electron chi connectivity index (χ2n) is 5.60. The summed E-state index contributed by atoms with van der Waals surface area (Å²) in [5.41, 5.74) is 0.770. The average molecular weight is 372 g/mol. The smallest absolute Gasteiger partial charge is 0.377 e. The van der Waals surface area contributed by atoms with E-state index in [9.17, 15) is 9.59 Å². The van der Waals surface area contributed by atoms with Gasteiger partial charge in [0.1, 0.15) is 0 Å². The highest BCUT2D eigenvalue weighted by Crippen LogP contribution is 2.36. The first-order valence-electron chi connectivity index (χ1n) is 8.21. The van der Waals surface area contributed by atoms with Gasteiger partial charge in [-0.25, -0.2) is 14.8 Å². The Hall–Kier alpha value is -2.87. The van der Waals surface area contributed by atoms with E-state index < -0.39 is 12.1 Å². The molecule has 3 rings (SSSR count). The molecule has 0 saturated heterocycles. The number of esters is 1. The number of hydrazine groups is 1. The van der Waals surface area contributed by atoms with Gasteiger partial charge in [0.15, 0.2) is 6.17 Å². The topological polar surface area (TPSA) is 65.5 Å². The third-order valence-electron chi connectivity index (χ3n) is 3.89. The number of likely N-dealkylation sites (N-methyl/N-ethyl adjacent to an activating group) is 1.